The van der Waals surface area contributed by atoms with Crippen molar-refractivity contribution in [2.75, 3.05) is 13.2 Å². The zero-order valence-electron chi connectivity index (χ0n) is 16.0. The van der Waals surface area contributed by atoms with E-state index >= 15 is 0 Å². The molecule has 2 aliphatic heterocycles. The summed E-state index contributed by atoms with van der Waals surface area (Å²) >= 11 is 0. The highest BCUT2D eigenvalue weighted by Gasteiger charge is 2.50. The van der Waals surface area contributed by atoms with Gasteiger partial charge < -0.3 is 54.7 Å². The predicted octanol–water partition coefficient (Wildman–Crippen LogP) is -3.17. The molecule has 0 saturated carbocycles. The largest absolute Gasteiger partial charge is 0.394 e. The quantitative estimate of drug-likeness (QED) is 0.231. The van der Waals surface area contributed by atoms with E-state index in [9.17, 15) is 35.7 Å². The lowest BCUT2D eigenvalue weighted by Gasteiger charge is -2.45. The van der Waals surface area contributed by atoms with Crippen LogP contribution >= 0.6 is 0 Å². The molecule has 0 unspecified atom stereocenters. The van der Waals surface area contributed by atoms with Crippen LogP contribution in [0.4, 0.5) is 0 Å². The molecule has 1 aromatic rings. The maximum absolute atomic E-state index is 10.5. The molecule has 2 fully saturated rings. The summed E-state index contributed by atoms with van der Waals surface area (Å²) < 4.78 is 22.1. The lowest BCUT2D eigenvalue weighted by Crippen LogP contribution is -2.64. The van der Waals surface area contributed by atoms with Crippen molar-refractivity contribution in [3.8, 4) is 0 Å². The molecule has 170 valence electrons. The van der Waals surface area contributed by atoms with E-state index < -0.39 is 74.6 Å². The first-order valence-electron chi connectivity index (χ1n) is 9.61. The highest BCUT2D eigenvalue weighted by molar-refractivity contribution is 5.13. The number of ether oxygens (including phenoxy) is 4. The van der Waals surface area contributed by atoms with E-state index in [0.717, 1.165) is 5.56 Å². The highest BCUT2D eigenvalue weighted by Crippen LogP contribution is 2.30. The van der Waals surface area contributed by atoms with Crippen LogP contribution < -0.4 is 0 Å². The van der Waals surface area contributed by atoms with Gasteiger partial charge in [0.25, 0.3) is 0 Å². The zero-order chi connectivity index (χ0) is 21.8. The first-order valence-corrected chi connectivity index (χ1v) is 9.61. The van der Waals surface area contributed by atoms with Gasteiger partial charge in [0, 0.05) is 0 Å². The molecule has 11 heteroatoms. The fraction of sp³-hybridized carbons (Fsp3) is 0.684. The number of rotatable bonds is 7. The van der Waals surface area contributed by atoms with Gasteiger partial charge in [0.15, 0.2) is 12.6 Å². The fourth-order valence-corrected chi connectivity index (χ4v) is 3.42. The van der Waals surface area contributed by atoms with Crippen LogP contribution in [-0.2, 0) is 25.6 Å². The highest BCUT2D eigenvalue weighted by atomic mass is 16.8. The van der Waals surface area contributed by atoms with Crippen LogP contribution in [0.3, 0.4) is 0 Å². The van der Waals surface area contributed by atoms with Gasteiger partial charge in [0.1, 0.15) is 48.8 Å². The van der Waals surface area contributed by atoms with E-state index in [1.165, 1.54) is 0 Å². The maximum Gasteiger partial charge on any atom is 0.187 e. The predicted molar refractivity (Wildman–Crippen MR) is 97.6 cm³/mol. The molecule has 2 saturated heterocycles. The van der Waals surface area contributed by atoms with Gasteiger partial charge in [-0.05, 0) is 5.56 Å². The second kappa shape index (κ2) is 10.4. The van der Waals surface area contributed by atoms with Crippen molar-refractivity contribution in [2.45, 2.75) is 68.0 Å². The molecule has 30 heavy (non-hydrogen) atoms. The van der Waals surface area contributed by atoms with Gasteiger partial charge in [0.05, 0.1) is 19.8 Å². The molecule has 2 heterocycles. The molecular formula is C19H28O11. The average molecular weight is 432 g/mol. The molecule has 1 aromatic carbocycles. The summed E-state index contributed by atoms with van der Waals surface area (Å²) in [6.07, 6.45) is -14.7. The van der Waals surface area contributed by atoms with Gasteiger partial charge in [-0.3, -0.25) is 0 Å². The average Bonchev–Trinajstić information content (AvgIpc) is 2.77. The number of aliphatic hydroxyl groups is 7. The molecule has 0 spiro atoms. The second-order valence-corrected chi connectivity index (χ2v) is 7.30. The fourth-order valence-electron chi connectivity index (χ4n) is 3.42. The van der Waals surface area contributed by atoms with E-state index in [0.29, 0.717) is 0 Å². The van der Waals surface area contributed by atoms with Gasteiger partial charge in [-0.1, -0.05) is 30.3 Å². The van der Waals surface area contributed by atoms with E-state index in [1.807, 2.05) is 6.07 Å². The minimum Gasteiger partial charge on any atom is -0.394 e. The maximum atomic E-state index is 10.5. The third-order valence-corrected chi connectivity index (χ3v) is 5.22. The van der Waals surface area contributed by atoms with E-state index in [1.54, 1.807) is 24.3 Å². The lowest BCUT2D eigenvalue weighted by atomic mass is 9.97. The molecule has 0 bridgehead atoms. The summed E-state index contributed by atoms with van der Waals surface area (Å²) in [5.41, 5.74) is 0.786. The Morgan fingerprint density at radius 1 is 0.700 bits per heavy atom. The molecule has 0 amide bonds. The monoisotopic (exact) mass is 432 g/mol. The lowest BCUT2D eigenvalue weighted by molar-refractivity contribution is -0.368. The van der Waals surface area contributed by atoms with Crippen molar-refractivity contribution in [1.29, 1.82) is 0 Å². The van der Waals surface area contributed by atoms with Crippen molar-refractivity contribution in [3.05, 3.63) is 35.9 Å². The summed E-state index contributed by atoms with van der Waals surface area (Å²) in [6.45, 7) is -1.19. The molecule has 0 radical (unpaired) electrons. The van der Waals surface area contributed by atoms with Crippen molar-refractivity contribution in [1.82, 2.24) is 0 Å². The van der Waals surface area contributed by atoms with Crippen molar-refractivity contribution < 1.29 is 54.7 Å². The van der Waals surface area contributed by atoms with Gasteiger partial charge in [-0.25, -0.2) is 0 Å². The zero-order valence-corrected chi connectivity index (χ0v) is 16.0. The van der Waals surface area contributed by atoms with Crippen molar-refractivity contribution >= 4 is 0 Å². The Kier molecular flexibility index (Phi) is 8.12. The van der Waals surface area contributed by atoms with E-state index in [4.69, 9.17) is 18.9 Å². The summed E-state index contributed by atoms with van der Waals surface area (Å²) in [5.74, 6) is 0. The molecule has 10 atom stereocenters. The molecule has 7 N–H and O–H groups in total. The van der Waals surface area contributed by atoms with E-state index in [2.05, 4.69) is 0 Å². The Bertz CT molecular complexity index is 645. The topological polar surface area (TPSA) is 179 Å². The minimum absolute atomic E-state index is 0.0566. The molecule has 3 rings (SSSR count). The van der Waals surface area contributed by atoms with E-state index in [-0.39, 0.29) is 6.61 Å². The SMILES string of the molecule is OC[C@@H]1O[C@H](OCc2ccccc2)[C@@H](O[C@H]2O[C@H](CO)[C@H](O)[C@H](O)[C@H]2O)[C@@H](O)[C@@H]1O. The summed E-state index contributed by atoms with van der Waals surface area (Å²) in [5, 5.41) is 69.5. The molecule has 0 aromatic heterocycles. The number of hydrogen-bond acceptors (Lipinski definition) is 11. The molecule has 0 aliphatic carbocycles. The third-order valence-electron chi connectivity index (χ3n) is 5.22. The van der Waals surface area contributed by atoms with Gasteiger partial charge in [-0.15, -0.1) is 0 Å². The first-order chi connectivity index (χ1) is 14.4. The Hall–Kier alpha value is -1.22. The Morgan fingerprint density at radius 2 is 1.27 bits per heavy atom. The Morgan fingerprint density at radius 3 is 1.87 bits per heavy atom. The number of aliphatic hydroxyl groups excluding tert-OH is 7. The number of benzene rings is 1. The van der Waals surface area contributed by atoms with Gasteiger partial charge >= 0.3 is 0 Å². The Balaban J connectivity index is 1.75. The third kappa shape index (κ3) is 4.98. The van der Waals surface area contributed by atoms with Gasteiger partial charge in [-0.2, -0.15) is 0 Å². The summed E-state index contributed by atoms with van der Waals surface area (Å²) in [7, 11) is 0. The summed E-state index contributed by atoms with van der Waals surface area (Å²) in [4.78, 5) is 0. The van der Waals surface area contributed by atoms with Crippen LogP contribution in [0.1, 0.15) is 5.56 Å². The van der Waals surface area contributed by atoms with Crippen LogP contribution in [0.2, 0.25) is 0 Å². The smallest absolute Gasteiger partial charge is 0.187 e. The van der Waals surface area contributed by atoms with Crippen molar-refractivity contribution in [3.63, 3.8) is 0 Å². The molecule has 11 nitrogen and oxygen atoms in total. The minimum atomic E-state index is -1.71. The van der Waals surface area contributed by atoms with Gasteiger partial charge in [0.2, 0.25) is 0 Å². The van der Waals surface area contributed by atoms with Crippen LogP contribution in [0, 0.1) is 0 Å². The normalized spacial score (nSPS) is 42.2. The standard InChI is InChI=1S/C19H28O11/c20-6-10-12(22)14(24)16(26)18(28-10)30-17-15(25)13(23)11(7-21)29-19(17)27-8-9-4-2-1-3-5-9/h1-5,10-26H,6-8H2/t10-,11+,12+,13-,14+,15+,16-,17+,18-,19+/m1/s1. The summed E-state index contributed by atoms with van der Waals surface area (Å²) in [6, 6.07) is 9.03. The molecular weight excluding hydrogens is 404 g/mol. The number of hydrogen-bond donors (Lipinski definition) is 7. The Labute approximate surface area is 172 Å². The van der Waals surface area contributed by atoms with Crippen molar-refractivity contribution in [2.24, 2.45) is 0 Å². The van der Waals surface area contributed by atoms with Crippen LogP contribution in [0.25, 0.3) is 0 Å². The van der Waals surface area contributed by atoms with Crippen LogP contribution in [0.15, 0.2) is 30.3 Å². The van der Waals surface area contributed by atoms with Crippen LogP contribution in [0.5, 0.6) is 0 Å². The first kappa shape index (κ1) is 23.4. The van der Waals surface area contributed by atoms with Crippen LogP contribution in [-0.4, -0.2) is 110 Å². The molecule has 2 aliphatic rings. The second-order valence-electron chi connectivity index (χ2n) is 7.30.